The van der Waals surface area contributed by atoms with Gasteiger partial charge in [0, 0.05) is 6.42 Å². The van der Waals surface area contributed by atoms with Gasteiger partial charge in [-0.3, -0.25) is 9.59 Å². The van der Waals surface area contributed by atoms with Crippen LogP contribution < -0.4 is 0 Å². The Bertz CT molecular complexity index is 997. The Labute approximate surface area is 414 Å². The third-order valence-corrected chi connectivity index (χ3v) is 13.1. The summed E-state index contributed by atoms with van der Waals surface area (Å²) in [7, 11) is 0. The minimum atomic E-state index is -0.977. The van der Waals surface area contributed by atoms with Gasteiger partial charge in [0.2, 0.25) is 0 Å². The Morgan fingerprint density at radius 2 is 0.761 bits per heavy atom. The first-order chi connectivity index (χ1) is 32.8. The van der Waals surface area contributed by atoms with Crippen LogP contribution in [0.1, 0.15) is 266 Å². The molecule has 0 amide bonds. The van der Waals surface area contributed by atoms with Crippen LogP contribution in [0.3, 0.4) is 0 Å². The number of esters is 2. The minimum absolute atomic E-state index is 0.00806. The third kappa shape index (κ3) is 43.2. The lowest BCUT2D eigenvalue weighted by Crippen LogP contribution is -2.40. The molecule has 2 atom stereocenters. The second-order valence-corrected chi connectivity index (χ2v) is 19.7. The predicted octanol–water partition coefficient (Wildman–Crippen LogP) is 15.2. The van der Waals surface area contributed by atoms with Gasteiger partial charge in [0.15, 0.2) is 5.79 Å². The van der Waals surface area contributed by atoms with Crippen molar-refractivity contribution < 1.29 is 47.9 Å². The lowest BCUT2D eigenvalue weighted by atomic mass is 9.94. The summed E-state index contributed by atoms with van der Waals surface area (Å²) in [6, 6.07) is 0. The summed E-state index contributed by atoms with van der Waals surface area (Å²) in [6.07, 6.45) is 39.4. The highest BCUT2D eigenvalue weighted by atomic mass is 16.7. The summed E-state index contributed by atoms with van der Waals surface area (Å²) in [5.74, 6) is -0.983. The molecule has 0 aliphatic rings. The zero-order valence-corrected chi connectivity index (χ0v) is 45.2. The summed E-state index contributed by atoms with van der Waals surface area (Å²) >= 11 is 0. The smallest absolute Gasteiger partial charge is 0.308 e. The zero-order chi connectivity index (χ0) is 49.2. The van der Waals surface area contributed by atoms with E-state index < -0.39 is 5.79 Å². The molecule has 0 saturated heterocycles. The molecule has 0 aromatic heterocycles. The van der Waals surface area contributed by atoms with Crippen molar-refractivity contribution in [2.75, 3.05) is 66.1 Å². The van der Waals surface area contributed by atoms with Gasteiger partial charge < -0.3 is 38.3 Å². The monoisotopic (exact) mass is 957 g/mol. The number of hydrogen-bond acceptors (Lipinski definition) is 10. The van der Waals surface area contributed by atoms with Crippen LogP contribution in [-0.4, -0.2) is 95.0 Å². The van der Waals surface area contributed by atoms with Crippen molar-refractivity contribution in [3.05, 3.63) is 0 Å². The van der Waals surface area contributed by atoms with E-state index in [1.165, 1.54) is 128 Å². The fraction of sp³-hybridized carbons (Fsp3) is 0.965. The fourth-order valence-corrected chi connectivity index (χ4v) is 8.72. The Morgan fingerprint density at radius 1 is 0.388 bits per heavy atom. The van der Waals surface area contributed by atoms with Crippen LogP contribution in [0, 0.1) is 11.8 Å². The molecule has 0 fully saturated rings. The average Bonchev–Trinajstić information content (AvgIpc) is 3.32. The van der Waals surface area contributed by atoms with Gasteiger partial charge in [-0.15, -0.1) is 0 Å². The molecule has 0 aliphatic carbocycles. The molecule has 0 aromatic carbocycles. The molecule has 1 N–H and O–H groups in total. The van der Waals surface area contributed by atoms with Crippen LogP contribution in [-0.2, 0) is 42.7 Å². The molecule has 0 saturated carbocycles. The number of rotatable bonds is 55. The van der Waals surface area contributed by atoms with Gasteiger partial charge in [-0.2, -0.15) is 0 Å². The van der Waals surface area contributed by atoms with Crippen LogP contribution in [0.25, 0.3) is 0 Å². The SMILES string of the molecule is CCCCCCCCC(CCCCCCCC)C(=O)OCCCCCCOC(C)(COC(CCC)CCOC(=O)C(CCCCCCCC)CCCCCCCC)OCCOCCOCCO. The maximum absolute atomic E-state index is 13.4. The molecule has 0 aliphatic heterocycles. The Balaban J connectivity index is 5.13. The number of carbonyl (C=O) groups is 2. The van der Waals surface area contributed by atoms with E-state index in [4.69, 9.17) is 38.3 Å². The maximum atomic E-state index is 13.4. The minimum Gasteiger partial charge on any atom is -0.465 e. The van der Waals surface area contributed by atoms with E-state index in [2.05, 4.69) is 34.6 Å². The van der Waals surface area contributed by atoms with Crippen LogP contribution in [0.15, 0.2) is 0 Å². The van der Waals surface area contributed by atoms with Crippen molar-refractivity contribution in [1.29, 1.82) is 0 Å². The first-order valence-electron chi connectivity index (χ1n) is 28.8. The molecular weight excluding hydrogens is 845 g/mol. The van der Waals surface area contributed by atoms with Crippen molar-refractivity contribution in [3.63, 3.8) is 0 Å². The van der Waals surface area contributed by atoms with E-state index in [1.807, 2.05) is 6.92 Å². The van der Waals surface area contributed by atoms with Gasteiger partial charge in [0.25, 0.3) is 0 Å². The van der Waals surface area contributed by atoms with Crippen molar-refractivity contribution in [2.24, 2.45) is 11.8 Å². The molecule has 10 nitrogen and oxygen atoms in total. The molecule has 10 heteroatoms. The van der Waals surface area contributed by atoms with Gasteiger partial charge in [0.05, 0.1) is 77.4 Å². The lowest BCUT2D eigenvalue weighted by molar-refractivity contribution is -0.261. The molecule has 0 aromatic rings. The molecular formula is C57H112O10. The molecule has 2 unspecified atom stereocenters. The van der Waals surface area contributed by atoms with Crippen LogP contribution >= 0.6 is 0 Å². The average molecular weight is 958 g/mol. The van der Waals surface area contributed by atoms with Crippen molar-refractivity contribution in [1.82, 2.24) is 0 Å². The topological polar surface area (TPSA) is 119 Å². The van der Waals surface area contributed by atoms with Crippen LogP contribution in [0.5, 0.6) is 0 Å². The van der Waals surface area contributed by atoms with Gasteiger partial charge >= 0.3 is 11.9 Å². The second kappa shape index (κ2) is 51.1. The predicted molar refractivity (Wildman–Crippen MR) is 278 cm³/mol. The number of aliphatic hydroxyl groups is 1. The Kier molecular flexibility index (Phi) is 50.1. The second-order valence-electron chi connectivity index (χ2n) is 19.7. The Hall–Kier alpha value is -1.30. The van der Waals surface area contributed by atoms with Crippen molar-refractivity contribution >= 4 is 11.9 Å². The number of aliphatic hydroxyl groups excluding tert-OH is 1. The number of unbranched alkanes of at least 4 members (excludes halogenated alkanes) is 23. The van der Waals surface area contributed by atoms with E-state index in [1.54, 1.807) is 0 Å². The summed E-state index contributed by atoms with van der Waals surface area (Å²) in [6.45, 7) is 16.5. The lowest BCUT2D eigenvalue weighted by Gasteiger charge is -2.32. The van der Waals surface area contributed by atoms with E-state index >= 15 is 0 Å². The fourth-order valence-electron chi connectivity index (χ4n) is 8.72. The number of carbonyl (C=O) groups excluding carboxylic acids is 2. The zero-order valence-electron chi connectivity index (χ0n) is 45.2. The van der Waals surface area contributed by atoms with Crippen molar-refractivity contribution in [2.45, 2.75) is 278 Å². The molecule has 0 spiro atoms. The highest BCUT2D eigenvalue weighted by molar-refractivity contribution is 5.72. The van der Waals surface area contributed by atoms with Crippen LogP contribution in [0.2, 0.25) is 0 Å². The summed E-state index contributed by atoms with van der Waals surface area (Å²) in [5.41, 5.74) is 0. The standard InChI is InChI=1S/C57H112O10/c1-7-12-16-20-24-30-37-52(38-31-25-21-17-13-8-2)55(59)63-43-34-28-29-35-44-66-57(6,67-50-49-62-48-47-61-46-42-58)51-65-54(36-11-5)41-45-64-56(60)53(39-32-26-22-18-14-9-3)40-33-27-23-19-15-10-4/h52-54,58H,7-51H2,1-6H3. The van der Waals surface area contributed by atoms with E-state index in [0.29, 0.717) is 59.3 Å². The maximum Gasteiger partial charge on any atom is 0.308 e. The Morgan fingerprint density at radius 3 is 1.21 bits per heavy atom. The first-order valence-corrected chi connectivity index (χ1v) is 28.8. The summed E-state index contributed by atoms with van der Waals surface area (Å²) in [5, 5.41) is 8.95. The molecule has 0 heterocycles. The van der Waals surface area contributed by atoms with E-state index in [-0.39, 0.29) is 43.1 Å². The first kappa shape index (κ1) is 65.7. The molecule has 400 valence electrons. The van der Waals surface area contributed by atoms with E-state index in [9.17, 15) is 9.59 Å². The van der Waals surface area contributed by atoms with Gasteiger partial charge in [-0.05, 0) is 58.3 Å². The molecule has 0 bridgehead atoms. The van der Waals surface area contributed by atoms with Crippen LogP contribution in [0.4, 0.5) is 0 Å². The molecule has 0 rings (SSSR count). The normalized spacial score (nSPS) is 13.1. The van der Waals surface area contributed by atoms with E-state index in [0.717, 1.165) is 89.9 Å². The molecule has 67 heavy (non-hydrogen) atoms. The van der Waals surface area contributed by atoms with Gasteiger partial charge in [-0.25, -0.2) is 0 Å². The summed E-state index contributed by atoms with van der Waals surface area (Å²) < 4.78 is 42.1. The molecule has 0 radical (unpaired) electrons. The number of hydrogen-bond donors (Lipinski definition) is 1. The summed E-state index contributed by atoms with van der Waals surface area (Å²) in [4.78, 5) is 26.6. The van der Waals surface area contributed by atoms with Gasteiger partial charge in [0.1, 0.15) is 6.61 Å². The van der Waals surface area contributed by atoms with Crippen molar-refractivity contribution in [3.8, 4) is 0 Å². The third-order valence-electron chi connectivity index (χ3n) is 13.1. The highest BCUT2D eigenvalue weighted by Crippen LogP contribution is 2.24. The largest absolute Gasteiger partial charge is 0.465 e. The highest BCUT2D eigenvalue weighted by Gasteiger charge is 2.29. The van der Waals surface area contributed by atoms with Gasteiger partial charge in [-0.1, -0.05) is 202 Å². The number of ether oxygens (including phenoxy) is 7. The quantitative estimate of drug-likeness (QED) is 0.0358.